The van der Waals surface area contributed by atoms with Crippen molar-refractivity contribution in [3.8, 4) is 0 Å². The standard InChI is InChI=1S/C11H12F3N3OS/c12-11(13,14)10(18)6-8(16-17(10)9(15)19)7-4-2-1-3-5-7/h1-5,8,16,18H,6H2,(H2,15,19)/t8-,10-/m0/s1. The Morgan fingerprint density at radius 3 is 2.42 bits per heavy atom. The predicted octanol–water partition coefficient (Wildman–Crippen LogP) is 1.43. The quantitative estimate of drug-likeness (QED) is 0.683. The van der Waals surface area contributed by atoms with Crippen molar-refractivity contribution >= 4 is 17.3 Å². The van der Waals surface area contributed by atoms with Gasteiger partial charge in [-0.05, 0) is 17.8 Å². The molecule has 0 amide bonds. The van der Waals surface area contributed by atoms with Gasteiger partial charge in [-0.1, -0.05) is 30.3 Å². The first-order valence-corrected chi connectivity index (χ1v) is 5.86. The number of nitrogens with one attached hydrogen (secondary N) is 1. The predicted molar refractivity (Wildman–Crippen MR) is 66.6 cm³/mol. The number of halogens is 3. The number of thiocarbonyl (C=S) groups is 1. The van der Waals surface area contributed by atoms with Gasteiger partial charge >= 0.3 is 6.18 Å². The van der Waals surface area contributed by atoms with Crippen LogP contribution in [-0.4, -0.2) is 27.1 Å². The highest BCUT2D eigenvalue weighted by atomic mass is 32.1. The molecule has 1 fully saturated rings. The van der Waals surface area contributed by atoms with Crippen LogP contribution in [-0.2, 0) is 0 Å². The summed E-state index contributed by atoms with van der Waals surface area (Å²) in [4.78, 5) is 0. The number of hydrogen-bond acceptors (Lipinski definition) is 3. The highest BCUT2D eigenvalue weighted by Gasteiger charge is 2.63. The van der Waals surface area contributed by atoms with E-state index in [0.717, 1.165) is 0 Å². The second-order valence-electron chi connectivity index (χ2n) is 4.28. The van der Waals surface area contributed by atoms with E-state index in [1.54, 1.807) is 30.3 Å². The van der Waals surface area contributed by atoms with Gasteiger partial charge in [0.2, 0.25) is 0 Å². The maximum atomic E-state index is 13.0. The molecule has 0 aliphatic carbocycles. The van der Waals surface area contributed by atoms with Gasteiger partial charge in [-0.2, -0.15) is 13.2 Å². The lowest BCUT2D eigenvalue weighted by Crippen LogP contribution is -2.61. The summed E-state index contributed by atoms with van der Waals surface area (Å²) in [6, 6.07) is 7.77. The molecule has 19 heavy (non-hydrogen) atoms. The molecule has 0 spiro atoms. The van der Waals surface area contributed by atoms with Gasteiger partial charge in [0, 0.05) is 6.42 Å². The summed E-state index contributed by atoms with van der Waals surface area (Å²) in [6.45, 7) is 0. The highest BCUT2D eigenvalue weighted by Crippen LogP contribution is 2.43. The Balaban J connectivity index is 2.34. The maximum absolute atomic E-state index is 13.0. The van der Waals surface area contributed by atoms with E-state index in [4.69, 9.17) is 5.73 Å². The summed E-state index contributed by atoms with van der Waals surface area (Å²) >= 11 is 4.56. The Bertz CT molecular complexity index is 482. The normalized spacial score (nSPS) is 27.6. The third-order valence-electron chi connectivity index (χ3n) is 3.02. The summed E-state index contributed by atoms with van der Waals surface area (Å²) < 4.78 is 39.0. The van der Waals surface area contributed by atoms with Crippen LogP contribution < -0.4 is 11.2 Å². The molecule has 1 saturated heterocycles. The van der Waals surface area contributed by atoms with Gasteiger partial charge in [0.15, 0.2) is 5.11 Å². The minimum atomic E-state index is -4.87. The Morgan fingerprint density at radius 2 is 2.00 bits per heavy atom. The molecule has 1 aliphatic heterocycles. The average molecular weight is 291 g/mol. The summed E-state index contributed by atoms with van der Waals surface area (Å²) in [7, 11) is 0. The first kappa shape index (κ1) is 14.0. The fourth-order valence-electron chi connectivity index (χ4n) is 2.05. The largest absolute Gasteiger partial charge is 0.438 e. The van der Waals surface area contributed by atoms with Crippen molar-refractivity contribution in [3.05, 3.63) is 35.9 Å². The van der Waals surface area contributed by atoms with E-state index < -0.39 is 29.5 Å². The van der Waals surface area contributed by atoms with Crippen molar-refractivity contribution in [3.63, 3.8) is 0 Å². The molecule has 1 heterocycles. The lowest BCUT2D eigenvalue weighted by Gasteiger charge is -2.34. The third kappa shape index (κ3) is 2.38. The van der Waals surface area contributed by atoms with Gasteiger partial charge in [-0.25, -0.2) is 10.4 Å². The van der Waals surface area contributed by atoms with E-state index in [1.165, 1.54) is 0 Å². The first-order chi connectivity index (χ1) is 8.75. The van der Waals surface area contributed by atoms with Crippen LogP contribution in [0.5, 0.6) is 0 Å². The molecule has 0 saturated carbocycles. The fourth-order valence-corrected chi connectivity index (χ4v) is 2.25. The topological polar surface area (TPSA) is 61.5 Å². The second-order valence-corrected chi connectivity index (χ2v) is 4.70. The molecule has 8 heteroatoms. The molecule has 4 nitrogen and oxygen atoms in total. The fraction of sp³-hybridized carbons (Fsp3) is 0.364. The van der Waals surface area contributed by atoms with Crippen LogP contribution in [0.4, 0.5) is 13.2 Å². The molecule has 0 aromatic heterocycles. The van der Waals surface area contributed by atoms with Gasteiger partial charge in [-0.3, -0.25) is 0 Å². The average Bonchev–Trinajstić information content (AvgIpc) is 2.69. The van der Waals surface area contributed by atoms with E-state index in [2.05, 4.69) is 17.6 Å². The van der Waals surface area contributed by atoms with Crippen molar-refractivity contribution in [1.29, 1.82) is 0 Å². The monoisotopic (exact) mass is 291 g/mol. The van der Waals surface area contributed by atoms with Crippen molar-refractivity contribution in [2.75, 3.05) is 0 Å². The van der Waals surface area contributed by atoms with Crippen LogP contribution in [0.2, 0.25) is 0 Å². The molecule has 1 aromatic carbocycles. The molecule has 0 unspecified atom stereocenters. The number of aliphatic hydroxyl groups is 1. The minimum absolute atomic E-state index is 0.403. The van der Waals surface area contributed by atoms with Crippen LogP contribution in [0, 0.1) is 0 Å². The van der Waals surface area contributed by atoms with Crippen molar-refractivity contribution in [2.45, 2.75) is 24.4 Å². The Hall–Kier alpha value is -1.38. The number of hydrazine groups is 1. The van der Waals surface area contributed by atoms with E-state index in [0.29, 0.717) is 10.6 Å². The van der Waals surface area contributed by atoms with E-state index in [-0.39, 0.29) is 0 Å². The molecule has 0 bridgehead atoms. The summed E-state index contributed by atoms with van der Waals surface area (Å²) in [5.41, 5.74) is 5.26. The smallest absolute Gasteiger partial charge is 0.375 e. The maximum Gasteiger partial charge on any atom is 0.438 e. The van der Waals surface area contributed by atoms with Crippen LogP contribution in [0.1, 0.15) is 18.0 Å². The van der Waals surface area contributed by atoms with E-state index >= 15 is 0 Å². The molecule has 4 N–H and O–H groups in total. The number of nitrogens with zero attached hydrogens (tertiary/aromatic N) is 1. The zero-order valence-electron chi connectivity index (χ0n) is 9.69. The molecule has 104 valence electrons. The van der Waals surface area contributed by atoms with E-state index in [9.17, 15) is 18.3 Å². The first-order valence-electron chi connectivity index (χ1n) is 5.45. The molecule has 2 atom stereocenters. The molecule has 1 aliphatic rings. The van der Waals surface area contributed by atoms with Gasteiger partial charge in [-0.15, -0.1) is 0 Å². The zero-order chi connectivity index (χ0) is 14.3. The lowest BCUT2D eigenvalue weighted by atomic mass is 9.99. The van der Waals surface area contributed by atoms with Crippen LogP contribution >= 0.6 is 12.2 Å². The number of rotatable bonds is 1. The van der Waals surface area contributed by atoms with Crippen molar-refractivity contribution < 1.29 is 18.3 Å². The zero-order valence-corrected chi connectivity index (χ0v) is 10.5. The highest BCUT2D eigenvalue weighted by molar-refractivity contribution is 7.80. The van der Waals surface area contributed by atoms with Gasteiger partial charge in [0.05, 0.1) is 6.04 Å². The summed E-state index contributed by atoms with van der Waals surface area (Å²) in [6.07, 6.45) is -5.45. The number of benzene rings is 1. The van der Waals surface area contributed by atoms with Crippen LogP contribution in [0.15, 0.2) is 30.3 Å². The van der Waals surface area contributed by atoms with Crippen LogP contribution in [0.3, 0.4) is 0 Å². The number of hydrogen-bond donors (Lipinski definition) is 3. The summed E-state index contributed by atoms with van der Waals surface area (Å²) in [5, 5.41) is 9.71. The van der Waals surface area contributed by atoms with E-state index in [1.807, 2.05) is 0 Å². The lowest BCUT2D eigenvalue weighted by molar-refractivity contribution is -0.296. The third-order valence-corrected chi connectivity index (χ3v) is 3.20. The van der Waals surface area contributed by atoms with Crippen molar-refractivity contribution in [1.82, 2.24) is 10.4 Å². The Labute approximate surface area is 113 Å². The summed E-state index contributed by atoms with van der Waals surface area (Å²) in [5.74, 6) is 0. The second kappa shape index (κ2) is 4.62. The molecular formula is C11H12F3N3OS. The Morgan fingerprint density at radius 1 is 1.42 bits per heavy atom. The Kier molecular flexibility index (Phi) is 3.41. The minimum Gasteiger partial charge on any atom is -0.375 e. The van der Waals surface area contributed by atoms with Crippen molar-refractivity contribution in [2.24, 2.45) is 5.73 Å². The van der Waals surface area contributed by atoms with Gasteiger partial charge in [0.25, 0.3) is 5.72 Å². The van der Waals surface area contributed by atoms with Crippen LogP contribution in [0.25, 0.3) is 0 Å². The van der Waals surface area contributed by atoms with Gasteiger partial charge < -0.3 is 10.8 Å². The molecule has 1 aromatic rings. The number of nitrogens with two attached hydrogens (primary N) is 1. The number of alkyl halides is 3. The molecular weight excluding hydrogens is 279 g/mol. The molecule has 0 radical (unpaired) electrons. The molecule has 2 rings (SSSR count). The van der Waals surface area contributed by atoms with Gasteiger partial charge in [0.1, 0.15) is 0 Å². The SMILES string of the molecule is NC(=S)N1N[C@H](c2ccccc2)C[C@]1(O)C(F)(F)F.